The van der Waals surface area contributed by atoms with E-state index in [1.54, 1.807) is 0 Å². The summed E-state index contributed by atoms with van der Waals surface area (Å²) in [6.45, 7) is 3.44. The fourth-order valence-corrected chi connectivity index (χ4v) is 3.06. The maximum atomic E-state index is 3.74. The van der Waals surface area contributed by atoms with Crippen molar-refractivity contribution in [2.24, 2.45) is 11.8 Å². The first kappa shape index (κ1) is 12.2. The molecule has 2 aliphatic carbocycles. The molecule has 0 spiro atoms. The van der Waals surface area contributed by atoms with Gasteiger partial charge in [-0.15, -0.1) is 0 Å². The molecule has 1 heteroatoms. The zero-order valence-corrected chi connectivity index (χ0v) is 11.5. The molecule has 0 heterocycles. The number of rotatable bonds is 6. The van der Waals surface area contributed by atoms with Gasteiger partial charge in [0, 0.05) is 6.04 Å². The van der Waals surface area contributed by atoms with Crippen LogP contribution < -0.4 is 5.32 Å². The van der Waals surface area contributed by atoms with Gasteiger partial charge in [-0.05, 0) is 50.1 Å². The van der Waals surface area contributed by atoms with Gasteiger partial charge in [0.1, 0.15) is 0 Å². The Bertz CT molecular complexity index is 390. The number of aryl methyl sites for hydroxylation is 1. The van der Waals surface area contributed by atoms with Crippen molar-refractivity contribution in [1.29, 1.82) is 0 Å². The lowest BCUT2D eigenvalue weighted by Crippen LogP contribution is -2.34. The molecule has 0 bridgehead atoms. The lowest BCUT2D eigenvalue weighted by molar-refractivity contribution is 0.199. The molecule has 1 unspecified atom stereocenters. The largest absolute Gasteiger partial charge is 0.314 e. The van der Waals surface area contributed by atoms with E-state index in [1.807, 2.05) is 0 Å². The Kier molecular flexibility index (Phi) is 3.69. The summed E-state index contributed by atoms with van der Waals surface area (Å²) in [6.07, 6.45) is 8.46. The Morgan fingerprint density at radius 3 is 2.67 bits per heavy atom. The van der Waals surface area contributed by atoms with Gasteiger partial charge in [0.05, 0.1) is 0 Å². The van der Waals surface area contributed by atoms with Crippen LogP contribution in [0.3, 0.4) is 0 Å². The summed E-state index contributed by atoms with van der Waals surface area (Å²) in [7, 11) is 0. The van der Waals surface area contributed by atoms with Gasteiger partial charge < -0.3 is 5.32 Å². The van der Waals surface area contributed by atoms with Crippen LogP contribution in [0.25, 0.3) is 0 Å². The average molecular weight is 243 g/mol. The molecule has 0 amide bonds. The number of nitrogens with one attached hydrogen (secondary N) is 1. The van der Waals surface area contributed by atoms with Gasteiger partial charge in [-0.1, -0.05) is 49.1 Å². The van der Waals surface area contributed by atoms with Crippen LogP contribution in [0, 0.1) is 18.8 Å². The first-order valence-corrected chi connectivity index (χ1v) is 7.60. The van der Waals surface area contributed by atoms with E-state index < -0.39 is 0 Å². The van der Waals surface area contributed by atoms with E-state index in [4.69, 9.17) is 0 Å². The summed E-state index contributed by atoms with van der Waals surface area (Å²) in [5, 5.41) is 3.74. The second kappa shape index (κ2) is 5.44. The van der Waals surface area contributed by atoms with Crippen LogP contribution in [0.2, 0.25) is 0 Å². The molecule has 1 aromatic carbocycles. The van der Waals surface area contributed by atoms with Gasteiger partial charge in [-0.25, -0.2) is 0 Å². The van der Waals surface area contributed by atoms with E-state index in [0.29, 0.717) is 0 Å². The van der Waals surface area contributed by atoms with E-state index in [2.05, 4.69) is 36.5 Å². The van der Waals surface area contributed by atoms with Crippen LogP contribution in [-0.4, -0.2) is 12.6 Å². The Balaban J connectivity index is 1.60. The second-order valence-corrected chi connectivity index (χ2v) is 6.33. The normalized spacial score (nSPS) is 21.6. The molecule has 1 N–H and O–H groups in total. The Morgan fingerprint density at radius 2 is 2.06 bits per heavy atom. The third-order valence-corrected chi connectivity index (χ3v) is 4.64. The van der Waals surface area contributed by atoms with Crippen molar-refractivity contribution in [3.63, 3.8) is 0 Å². The zero-order chi connectivity index (χ0) is 12.4. The van der Waals surface area contributed by atoms with Gasteiger partial charge in [0.15, 0.2) is 0 Å². The number of benzene rings is 1. The fraction of sp³-hybridized carbons (Fsp3) is 0.647. The summed E-state index contributed by atoms with van der Waals surface area (Å²) in [5.41, 5.74) is 2.93. The smallest absolute Gasteiger partial charge is 0.00683 e. The van der Waals surface area contributed by atoms with Crippen LogP contribution in [-0.2, 0) is 6.42 Å². The van der Waals surface area contributed by atoms with Gasteiger partial charge in [-0.2, -0.15) is 0 Å². The highest BCUT2D eigenvalue weighted by atomic mass is 14.9. The van der Waals surface area contributed by atoms with Crippen molar-refractivity contribution in [3.8, 4) is 0 Å². The SMILES string of the molecule is Cc1cccc(CC(CNC2CC2)C2CCC2)c1. The molecule has 18 heavy (non-hydrogen) atoms. The van der Waals surface area contributed by atoms with E-state index in [9.17, 15) is 0 Å². The van der Waals surface area contributed by atoms with Crippen LogP contribution in [0.5, 0.6) is 0 Å². The van der Waals surface area contributed by atoms with Crippen molar-refractivity contribution in [2.75, 3.05) is 6.54 Å². The molecule has 98 valence electrons. The molecule has 2 saturated carbocycles. The molecule has 1 atom stereocenters. The summed E-state index contributed by atoms with van der Waals surface area (Å²) >= 11 is 0. The highest BCUT2D eigenvalue weighted by Crippen LogP contribution is 2.35. The molecule has 0 radical (unpaired) electrons. The van der Waals surface area contributed by atoms with Gasteiger partial charge >= 0.3 is 0 Å². The standard InChI is InChI=1S/C17H25N/c1-13-4-2-5-14(10-13)11-16(15-6-3-7-15)12-18-17-8-9-17/h2,4-5,10,15-18H,3,6-9,11-12H2,1H3. The summed E-state index contributed by atoms with van der Waals surface area (Å²) < 4.78 is 0. The predicted octanol–water partition coefficient (Wildman–Crippen LogP) is 3.71. The highest BCUT2D eigenvalue weighted by Gasteiger charge is 2.29. The zero-order valence-electron chi connectivity index (χ0n) is 11.5. The molecular weight excluding hydrogens is 218 g/mol. The molecule has 3 rings (SSSR count). The minimum atomic E-state index is 0.852. The maximum absolute atomic E-state index is 3.74. The van der Waals surface area contributed by atoms with Crippen molar-refractivity contribution >= 4 is 0 Å². The first-order chi connectivity index (χ1) is 8.81. The molecule has 0 aromatic heterocycles. The second-order valence-electron chi connectivity index (χ2n) is 6.33. The lowest BCUT2D eigenvalue weighted by atomic mass is 9.73. The quantitative estimate of drug-likeness (QED) is 0.803. The Labute approximate surface area is 111 Å². The maximum Gasteiger partial charge on any atom is 0.00683 e. The molecule has 0 saturated heterocycles. The molecule has 2 fully saturated rings. The topological polar surface area (TPSA) is 12.0 Å². The van der Waals surface area contributed by atoms with Gasteiger partial charge in [-0.3, -0.25) is 0 Å². The van der Waals surface area contributed by atoms with E-state index in [1.165, 1.54) is 56.2 Å². The van der Waals surface area contributed by atoms with Crippen LogP contribution in [0.15, 0.2) is 24.3 Å². The number of hydrogen-bond donors (Lipinski definition) is 1. The van der Waals surface area contributed by atoms with Gasteiger partial charge in [0.25, 0.3) is 0 Å². The minimum absolute atomic E-state index is 0.852. The fourth-order valence-electron chi connectivity index (χ4n) is 3.06. The predicted molar refractivity (Wildman–Crippen MR) is 76.7 cm³/mol. The Morgan fingerprint density at radius 1 is 1.22 bits per heavy atom. The van der Waals surface area contributed by atoms with Crippen LogP contribution in [0.4, 0.5) is 0 Å². The average Bonchev–Trinajstić information content (AvgIpc) is 3.07. The van der Waals surface area contributed by atoms with Crippen LogP contribution >= 0.6 is 0 Å². The van der Waals surface area contributed by atoms with E-state index >= 15 is 0 Å². The van der Waals surface area contributed by atoms with Crippen molar-refractivity contribution in [1.82, 2.24) is 5.32 Å². The molecule has 2 aliphatic rings. The third kappa shape index (κ3) is 3.14. The number of hydrogen-bond acceptors (Lipinski definition) is 1. The summed E-state index contributed by atoms with van der Waals surface area (Å²) in [5.74, 6) is 1.85. The molecule has 1 nitrogen and oxygen atoms in total. The minimum Gasteiger partial charge on any atom is -0.314 e. The highest BCUT2D eigenvalue weighted by molar-refractivity contribution is 5.22. The first-order valence-electron chi connectivity index (χ1n) is 7.60. The summed E-state index contributed by atoms with van der Waals surface area (Å²) in [4.78, 5) is 0. The molecule has 1 aromatic rings. The van der Waals surface area contributed by atoms with E-state index in [0.717, 1.165) is 17.9 Å². The molecule has 0 aliphatic heterocycles. The third-order valence-electron chi connectivity index (χ3n) is 4.64. The van der Waals surface area contributed by atoms with Gasteiger partial charge in [0.2, 0.25) is 0 Å². The van der Waals surface area contributed by atoms with Crippen LogP contribution in [0.1, 0.15) is 43.2 Å². The molecular formula is C17H25N. The van der Waals surface area contributed by atoms with Crippen molar-refractivity contribution in [3.05, 3.63) is 35.4 Å². The summed E-state index contributed by atoms with van der Waals surface area (Å²) in [6, 6.07) is 9.92. The van der Waals surface area contributed by atoms with Crippen molar-refractivity contribution < 1.29 is 0 Å². The lowest BCUT2D eigenvalue weighted by Gasteiger charge is -2.34. The van der Waals surface area contributed by atoms with E-state index in [-0.39, 0.29) is 0 Å². The van der Waals surface area contributed by atoms with Crippen molar-refractivity contribution in [2.45, 2.75) is 51.5 Å². The Hall–Kier alpha value is -0.820. The monoisotopic (exact) mass is 243 g/mol.